The third-order valence-electron chi connectivity index (χ3n) is 2.14. The van der Waals surface area contributed by atoms with E-state index in [0.717, 1.165) is 5.69 Å². The molecule has 2 rings (SSSR count). The van der Waals surface area contributed by atoms with Gasteiger partial charge in [0.2, 0.25) is 0 Å². The van der Waals surface area contributed by atoms with Crippen molar-refractivity contribution in [3.8, 4) is 6.07 Å². The van der Waals surface area contributed by atoms with Crippen LogP contribution in [0.25, 0.3) is 0 Å². The summed E-state index contributed by atoms with van der Waals surface area (Å²) in [5.74, 6) is 0.518. The van der Waals surface area contributed by atoms with Crippen molar-refractivity contribution in [1.82, 2.24) is 4.98 Å². The highest BCUT2D eigenvalue weighted by molar-refractivity contribution is 6.30. The van der Waals surface area contributed by atoms with Crippen molar-refractivity contribution in [2.45, 2.75) is 0 Å². The van der Waals surface area contributed by atoms with Gasteiger partial charge in [-0.15, -0.1) is 0 Å². The van der Waals surface area contributed by atoms with Gasteiger partial charge in [-0.1, -0.05) is 17.7 Å². The maximum absolute atomic E-state index is 8.78. The van der Waals surface area contributed by atoms with Crippen LogP contribution < -0.4 is 11.1 Å². The Labute approximate surface area is 104 Å². The number of nitrogens with zero attached hydrogens (tertiary/aromatic N) is 2. The van der Waals surface area contributed by atoms with Crippen LogP contribution in [0.15, 0.2) is 36.5 Å². The van der Waals surface area contributed by atoms with Gasteiger partial charge < -0.3 is 11.1 Å². The van der Waals surface area contributed by atoms with E-state index >= 15 is 0 Å². The molecule has 0 radical (unpaired) electrons. The van der Waals surface area contributed by atoms with E-state index < -0.39 is 0 Å². The molecule has 0 aliphatic heterocycles. The molecule has 0 unspecified atom stereocenters. The van der Waals surface area contributed by atoms with Crippen LogP contribution in [0.3, 0.4) is 0 Å². The second kappa shape index (κ2) is 4.73. The maximum Gasteiger partial charge on any atom is 0.153 e. The first kappa shape index (κ1) is 11.2. The fourth-order valence-electron chi connectivity index (χ4n) is 1.36. The van der Waals surface area contributed by atoms with Crippen molar-refractivity contribution in [2.24, 2.45) is 0 Å². The summed E-state index contributed by atoms with van der Waals surface area (Å²) in [6.07, 6.45) is 1.51. The monoisotopic (exact) mass is 244 g/mol. The minimum absolute atomic E-state index is 0.458. The van der Waals surface area contributed by atoms with Crippen LogP contribution in [-0.4, -0.2) is 4.98 Å². The highest BCUT2D eigenvalue weighted by Crippen LogP contribution is 2.23. The molecule has 17 heavy (non-hydrogen) atoms. The van der Waals surface area contributed by atoms with Crippen molar-refractivity contribution >= 4 is 28.8 Å². The number of aromatic nitrogens is 1. The number of benzene rings is 1. The fourth-order valence-corrected chi connectivity index (χ4v) is 1.53. The number of nitrogens with two attached hydrogens (primary N) is 1. The van der Waals surface area contributed by atoms with E-state index in [1.807, 2.05) is 6.07 Å². The third-order valence-corrected chi connectivity index (χ3v) is 2.34. The molecule has 0 saturated carbocycles. The molecular weight excluding hydrogens is 236 g/mol. The summed E-state index contributed by atoms with van der Waals surface area (Å²) in [5, 5.41) is 12.3. The lowest BCUT2D eigenvalue weighted by Gasteiger charge is -2.08. The molecule has 0 spiro atoms. The third kappa shape index (κ3) is 2.65. The Hall–Kier alpha value is -2.25. The number of rotatable bonds is 2. The van der Waals surface area contributed by atoms with Crippen molar-refractivity contribution in [3.63, 3.8) is 0 Å². The first-order valence-electron chi connectivity index (χ1n) is 4.87. The van der Waals surface area contributed by atoms with Crippen LogP contribution in [0.2, 0.25) is 5.02 Å². The van der Waals surface area contributed by atoms with E-state index in [1.54, 1.807) is 24.3 Å². The summed E-state index contributed by atoms with van der Waals surface area (Å²) in [6, 6.07) is 10.7. The Kier molecular flexibility index (Phi) is 3.12. The minimum Gasteiger partial charge on any atom is -0.396 e. The number of nitrogens with one attached hydrogen (secondary N) is 1. The molecular formula is C12H9ClN4. The molecule has 5 heteroatoms. The summed E-state index contributed by atoms with van der Waals surface area (Å²) in [6.45, 7) is 0. The van der Waals surface area contributed by atoms with Gasteiger partial charge in [-0.3, -0.25) is 0 Å². The number of anilines is 3. The van der Waals surface area contributed by atoms with Gasteiger partial charge in [0.1, 0.15) is 0 Å². The van der Waals surface area contributed by atoms with Crippen molar-refractivity contribution in [3.05, 3.63) is 47.1 Å². The molecule has 0 bridgehead atoms. The minimum atomic E-state index is 0.458. The summed E-state index contributed by atoms with van der Waals surface area (Å²) < 4.78 is 0. The molecule has 0 saturated heterocycles. The molecule has 0 aliphatic rings. The molecule has 0 atom stereocenters. The predicted octanol–water partition coefficient (Wildman–Crippen LogP) is 2.93. The van der Waals surface area contributed by atoms with Crippen molar-refractivity contribution < 1.29 is 0 Å². The lowest BCUT2D eigenvalue weighted by atomic mass is 10.2. The van der Waals surface area contributed by atoms with Crippen LogP contribution in [0, 0.1) is 11.3 Å². The highest BCUT2D eigenvalue weighted by Gasteiger charge is 2.02. The molecule has 0 amide bonds. The Bertz CT molecular complexity index is 589. The summed E-state index contributed by atoms with van der Waals surface area (Å²) in [4.78, 5) is 4.08. The molecule has 0 aliphatic carbocycles. The number of nitrogen functional groups attached to an aromatic ring is 1. The number of pyridine rings is 1. The molecule has 1 aromatic carbocycles. The Balaban J connectivity index is 2.28. The fraction of sp³-hybridized carbons (Fsp3) is 0. The number of hydrogen-bond donors (Lipinski definition) is 2. The zero-order valence-corrected chi connectivity index (χ0v) is 9.57. The Morgan fingerprint density at radius 1 is 1.35 bits per heavy atom. The number of nitriles is 1. The average Bonchev–Trinajstić information content (AvgIpc) is 2.33. The van der Waals surface area contributed by atoms with E-state index in [0.29, 0.717) is 22.1 Å². The number of halogens is 1. The molecule has 4 nitrogen and oxygen atoms in total. The second-order valence-electron chi connectivity index (χ2n) is 3.41. The van der Waals surface area contributed by atoms with Gasteiger partial charge in [-0.2, -0.15) is 5.26 Å². The first-order valence-corrected chi connectivity index (χ1v) is 5.25. The van der Waals surface area contributed by atoms with Gasteiger partial charge in [-0.25, -0.2) is 4.98 Å². The van der Waals surface area contributed by atoms with Crippen LogP contribution in [0.1, 0.15) is 5.56 Å². The molecule has 2 aromatic rings. The largest absolute Gasteiger partial charge is 0.396 e. The SMILES string of the molecule is N#Cc1cccc(Nc2ncc(Cl)cc2N)c1. The molecule has 3 N–H and O–H groups in total. The van der Waals surface area contributed by atoms with Crippen LogP contribution in [0.4, 0.5) is 17.2 Å². The van der Waals surface area contributed by atoms with Gasteiger partial charge in [0.25, 0.3) is 0 Å². The van der Waals surface area contributed by atoms with Gasteiger partial charge in [0.05, 0.1) is 22.3 Å². The van der Waals surface area contributed by atoms with E-state index in [-0.39, 0.29) is 0 Å². The van der Waals surface area contributed by atoms with Gasteiger partial charge in [-0.05, 0) is 24.3 Å². The van der Waals surface area contributed by atoms with Crippen molar-refractivity contribution in [2.75, 3.05) is 11.1 Å². The zero-order chi connectivity index (χ0) is 12.3. The summed E-state index contributed by atoms with van der Waals surface area (Å²) in [5.41, 5.74) is 7.55. The number of hydrogen-bond acceptors (Lipinski definition) is 4. The van der Waals surface area contributed by atoms with E-state index in [4.69, 9.17) is 22.6 Å². The highest BCUT2D eigenvalue weighted by atomic mass is 35.5. The first-order chi connectivity index (χ1) is 8.19. The topological polar surface area (TPSA) is 74.7 Å². The smallest absolute Gasteiger partial charge is 0.153 e. The van der Waals surface area contributed by atoms with E-state index in [9.17, 15) is 0 Å². The summed E-state index contributed by atoms with van der Waals surface area (Å²) >= 11 is 5.75. The van der Waals surface area contributed by atoms with Crippen LogP contribution in [0.5, 0.6) is 0 Å². The second-order valence-corrected chi connectivity index (χ2v) is 3.85. The molecule has 0 fully saturated rings. The van der Waals surface area contributed by atoms with Gasteiger partial charge in [0, 0.05) is 11.9 Å². The molecule has 1 aromatic heterocycles. The molecule has 84 valence electrons. The Morgan fingerprint density at radius 2 is 2.18 bits per heavy atom. The summed E-state index contributed by atoms with van der Waals surface area (Å²) in [7, 11) is 0. The van der Waals surface area contributed by atoms with E-state index in [1.165, 1.54) is 6.20 Å². The average molecular weight is 245 g/mol. The van der Waals surface area contributed by atoms with E-state index in [2.05, 4.69) is 16.4 Å². The maximum atomic E-state index is 8.78. The van der Waals surface area contributed by atoms with Gasteiger partial charge >= 0.3 is 0 Å². The lowest BCUT2D eigenvalue weighted by Crippen LogP contribution is -1.99. The standard InChI is InChI=1S/C12H9ClN4/c13-9-5-11(15)12(16-7-9)17-10-3-1-2-8(4-10)6-14/h1-5,7H,15H2,(H,16,17). The van der Waals surface area contributed by atoms with Crippen LogP contribution >= 0.6 is 11.6 Å². The quantitative estimate of drug-likeness (QED) is 0.852. The Morgan fingerprint density at radius 3 is 2.88 bits per heavy atom. The van der Waals surface area contributed by atoms with Gasteiger partial charge in [0.15, 0.2) is 5.82 Å². The van der Waals surface area contributed by atoms with Crippen LogP contribution in [-0.2, 0) is 0 Å². The van der Waals surface area contributed by atoms with Crippen molar-refractivity contribution in [1.29, 1.82) is 5.26 Å². The molecule has 1 heterocycles. The lowest BCUT2D eigenvalue weighted by molar-refractivity contribution is 1.31. The zero-order valence-electron chi connectivity index (χ0n) is 8.81. The predicted molar refractivity (Wildman–Crippen MR) is 68.1 cm³/mol. The normalized spacial score (nSPS) is 9.65.